The van der Waals surface area contributed by atoms with E-state index in [0.717, 1.165) is 31.2 Å². The van der Waals surface area contributed by atoms with Crippen LogP contribution in [0, 0.1) is 0 Å². The molecule has 35 heavy (non-hydrogen) atoms. The molecule has 1 aliphatic carbocycles. The third-order valence-corrected chi connectivity index (χ3v) is 8.59. The molecule has 2 heterocycles. The predicted octanol–water partition coefficient (Wildman–Crippen LogP) is 3.32. The predicted molar refractivity (Wildman–Crippen MR) is 131 cm³/mol. The van der Waals surface area contributed by atoms with Crippen molar-refractivity contribution in [3.63, 3.8) is 0 Å². The van der Waals surface area contributed by atoms with Gasteiger partial charge < -0.3 is 19.9 Å². The zero-order chi connectivity index (χ0) is 24.4. The summed E-state index contributed by atoms with van der Waals surface area (Å²) < 4.78 is 40.4. The lowest BCUT2D eigenvalue weighted by atomic mass is 9.84. The van der Waals surface area contributed by atoms with Crippen LogP contribution < -0.4 is 14.8 Å². The van der Waals surface area contributed by atoms with E-state index in [1.165, 1.54) is 6.42 Å². The van der Waals surface area contributed by atoms with E-state index in [2.05, 4.69) is 10.0 Å². The SMILES string of the molecule is O=C(C[C@H]1C[C@H]2c3cc(NS(=O)(=O)c4ccccc4)ccc3O[C@H]2[C@@H](CO)O1)NC1CCCCC1. The van der Waals surface area contributed by atoms with E-state index < -0.39 is 16.1 Å². The van der Waals surface area contributed by atoms with E-state index in [9.17, 15) is 18.3 Å². The van der Waals surface area contributed by atoms with Crippen LogP contribution in [0.3, 0.4) is 0 Å². The normalized spacial score (nSPS) is 26.3. The van der Waals surface area contributed by atoms with E-state index in [4.69, 9.17) is 9.47 Å². The molecule has 2 aliphatic heterocycles. The molecule has 9 heteroatoms. The molecule has 188 valence electrons. The van der Waals surface area contributed by atoms with Crippen molar-refractivity contribution >= 4 is 21.6 Å². The Morgan fingerprint density at radius 3 is 2.57 bits per heavy atom. The Hall–Kier alpha value is -2.62. The molecule has 3 aliphatic rings. The number of amides is 1. The lowest BCUT2D eigenvalue weighted by Gasteiger charge is -2.37. The molecule has 0 unspecified atom stereocenters. The number of carbonyl (C=O) groups excluding carboxylic acids is 1. The minimum Gasteiger partial charge on any atom is -0.487 e. The van der Waals surface area contributed by atoms with E-state index in [1.807, 2.05) is 0 Å². The second kappa shape index (κ2) is 10.2. The minimum atomic E-state index is -3.72. The number of aliphatic hydroxyl groups is 1. The molecular formula is C26H32N2O6S. The average Bonchev–Trinajstić information content (AvgIpc) is 3.22. The van der Waals surface area contributed by atoms with Gasteiger partial charge in [-0.2, -0.15) is 0 Å². The van der Waals surface area contributed by atoms with Gasteiger partial charge in [0.2, 0.25) is 5.91 Å². The fourth-order valence-electron chi connectivity index (χ4n) is 5.51. The fourth-order valence-corrected chi connectivity index (χ4v) is 6.58. The van der Waals surface area contributed by atoms with Crippen LogP contribution in [0.5, 0.6) is 5.75 Å². The first kappa shape index (κ1) is 24.1. The third-order valence-electron chi connectivity index (χ3n) is 7.19. The van der Waals surface area contributed by atoms with Crippen molar-refractivity contribution < 1.29 is 27.8 Å². The lowest BCUT2D eigenvalue weighted by molar-refractivity contribution is -0.142. The molecule has 0 spiro atoms. The van der Waals surface area contributed by atoms with Gasteiger partial charge in [0.05, 0.1) is 24.0 Å². The number of sulfonamides is 1. The van der Waals surface area contributed by atoms with Gasteiger partial charge in [-0.1, -0.05) is 37.5 Å². The molecule has 0 aromatic heterocycles. The number of rotatable bonds is 7. The van der Waals surface area contributed by atoms with Crippen LogP contribution in [0.25, 0.3) is 0 Å². The Bertz CT molecular complexity index is 1150. The second-order valence-corrected chi connectivity index (χ2v) is 11.4. The highest BCUT2D eigenvalue weighted by Crippen LogP contribution is 2.47. The van der Waals surface area contributed by atoms with Gasteiger partial charge >= 0.3 is 0 Å². The summed E-state index contributed by atoms with van der Waals surface area (Å²) >= 11 is 0. The maximum absolute atomic E-state index is 12.8. The molecule has 1 saturated carbocycles. The Labute approximate surface area is 206 Å². The molecule has 2 aromatic carbocycles. The summed E-state index contributed by atoms with van der Waals surface area (Å²) in [5.74, 6) is 0.516. The van der Waals surface area contributed by atoms with E-state index in [0.29, 0.717) is 17.9 Å². The lowest BCUT2D eigenvalue weighted by Crippen LogP contribution is -2.48. The quantitative estimate of drug-likeness (QED) is 0.538. The van der Waals surface area contributed by atoms with Crippen LogP contribution in [0.1, 0.15) is 56.4 Å². The number of anilines is 1. The number of ether oxygens (including phenoxy) is 2. The van der Waals surface area contributed by atoms with Crippen LogP contribution in [0.15, 0.2) is 53.4 Å². The average molecular weight is 501 g/mol. The van der Waals surface area contributed by atoms with Crippen molar-refractivity contribution in [3.8, 4) is 5.75 Å². The standard InChI is InChI=1S/C26H32N2O6S/c29-16-24-26-22(14-19(33-24)15-25(30)27-17-7-3-1-4-8-17)21-13-18(11-12-23(21)34-26)28-35(31,32)20-9-5-2-6-10-20/h2,5-6,9-13,17,19,22,24,26,28-29H,1,3-4,7-8,14-16H2,(H,27,30)/t19-,22+,24-,26-/m1/s1. The summed E-state index contributed by atoms with van der Waals surface area (Å²) in [5, 5.41) is 13.1. The van der Waals surface area contributed by atoms with Crippen LogP contribution in [0.2, 0.25) is 0 Å². The molecule has 3 N–H and O–H groups in total. The molecular weight excluding hydrogens is 468 g/mol. The van der Waals surface area contributed by atoms with Crippen LogP contribution in [0.4, 0.5) is 5.69 Å². The smallest absolute Gasteiger partial charge is 0.261 e. The molecule has 4 atom stereocenters. The topological polar surface area (TPSA) is 114 Å². The van der Waals surface area contributed by atoms with Crippen molar-refractivity contribution in [2.45, 2.75) is 80.1 Å². The first-order valence-electron chi connectivity index (χ1n) is 12.4. The number of fused-ring (bicyclic) bond motifs is 3. The maximum Gasteiger partial charge on any atom is 0.261 e. The highest BCUT2D eigenvalue weighted by molar-refractivity contribution is 7.92. The van der Waals surface area contributed by atoms with Crippen LogP contribution >= 0.6 is 0 Å². The summed E-state index contributed by atoms with van der Waals surface area (Å²) in [6.45, 7) is -0.219. The van der Waals surface area contributed by atoms with Gasteiger partial charge in [0, 0.05) is 23.2 Å². The van der Waals surface area contributed by atoms with E-state index in [-0.39, 0.29) is 48.0 Å². The van der Waals surface area contributed by atoms with Gasteiger partial charge in [-0.3, -0.25) is 9.52 Å². The zero-order valence-corrected chi connectivity index (χ0v) is 20.4. The van der Waals surface area contributed by atoms with Gasteiger partial charge in [-0.05, 0) is 49.6 Å². The molecule has 8 nitrogen and oxygen atoms in total. The second-order valence-electron chi connectivity index (χ2n) is 9.68. The van der Waals surface area contributed by atoms with E-state index >= 15 is 0 Å². The number of hydrogen-bond donors (Lipinski definition) is 3. The zero-order valence-electron chi connectivity index (χ0n) is 19.6. The molecule has 2 fully saturated rings. The fraction of sp³-hybridized carbons (Fsp3) is 0.500. The maximum atomic E-state index is 12.8. The van der Waals surface area contributed by atoms with Crippen molar-refractivity contribution in [1.82, 2.24) is 5.32 Å². The van der Waals surface area contributed by atoms with Crippen LogP contribution in [-0.4, -0.2) is 50.4 Å². The van der Waals surface area contributed by atoms with E-state index in [1.54, 1.807) is 48.5 Å². The monoisotopic (exact) mass is 500 g/mol. The summed E-state index contributed by atoms with van der Waals surface area (Å²) in [5.41, 5.74) is 1.30. The molecule has 1 saturated heterocycles. The van der Waals surface area contributed by atoms with Gasteiger partial charge in [0.1, 0.15) is 18.0 Å². The van der Waals surface area contributed by atoms with Crippen molar-refractivity contribution in [3.05, 3.63) is 54.1 Å². The van der Waals surface area contributed by atoms with Crippen molar-refractivity contribution in [1.29, 1.82) is 0 Å². The number of hydrogen-bond acceptors (Lipinski definition) is 6. The summed E-state index contributed by atoms with van der Waals surface area (Å²) in [6, 6.07) is 13.6. The number of benzene rings is 2. The Morgan fingerprint density at radius 2 is 1.83 bits per heavy atom. The molecule has 0 bridgehead atoms. The summed E-state index contributed by atoms with van der Waals surface area (Å²) in [7, 11) is -3.72. The largest absolute Gasteiger partial charge is 0.487 e. The Morgan fingerprint density at radius 1 is 1.06 bits per heavy atom. The molecule has 0 radical (unpaired) electrons. The summed E-state index contributed by atoms with van der Waals surface area (Å²) in [4.78, 5) is 12.9. The third kappa shape index (κ3) is 5.32. The molecule has 2 aromatic rings. The highest BCUT2D eigenvalue weighted by atomic mass is 32.2. The van der Waals surface area contributed by atoms with Gasteiger partial charge in [-0.15, -0.1) is 0 Å². The van der Waals surface area contributed by atoms with Gasteiger partial charge in [-0.25, -0.2) is 8.42 Å². The Kier molecular flexibility index (Phi) is 7.00. The minimum absolute atomic E-state index is 0.0273. The number of aliphatic hydroxyl groups excluding tert-OH is 1. The van der Waals surface area contributed by atoms with Crippen LogP contribution in [-0.2, 0) is 19.6 Å². The first-order valence-corrected chi connectivity index (χ1v) is 13.9. The van der Waals surface area contributed by atoms with Gasteiger partial charge in [0.15, 0.2) is 0 Å². The Balaban J connectivity index is 1.30. The van der Waals surface area contributed by atoms with Crippen molar-refractivity contribution in [2.24, 2.45) is 0 Å². The number of carbonyl (C=O) groups is 1. The first-order chi connectivity index (χ1) is 16.9. The van der Waals surface area contributed by atoms with Crippen molar-refractivity contribution in [2.75, 3.05) is 11.3 Å². The molecule has 1 amide bonds. The van der Waals surface area contributed by atoms with Gasteiger partial charge in [0.25, 0.3) is 10.0 Å². The number of nitrogens with one attached hydrogen (secondary N) is 2. The summed E-state index contributed by atoms with van der Waals surface area (Å²) in [6.07, 6.45) is 5.05. The highest BCUT2D eigenvalue weighted by Gasteiger charge is 2.46. The molecule has 5 rings (SSSR count).